The van der Waals surface area contributed by atoms with Crippen molar-refractivity contribution in [1.82, 2.24) is 14.9 Å². The van der Waals surface area contributed by atoms with Gasteiger partial charge in [0.2, 0.25) is 5.91 Å². The molecule has 0 spiro atoms. The average molecular weight is 475 g/mol. The van der Waals surface area contributed by atoms with E-state index in [0.29, 0.717) is 6.07 Å². The molecule has 0 aliphatic carbocycles. The molecule has 1 atom stereocenters. The zero-order valence-electron chi connectivity index (χ0n) is 17.4. The van der Waals surface area contributed by atoms with Crippen LogP contribution < -0.4 is 10.2 Å². The lowest BCUT2D eigenvalue weighted by atomic mass is 10.0. The number of anilines is 2. The second kappa shape index (κ2) is 8.87. The number of pyridine rings is 2. The minimum atomic E-state index is -4.62. The molecule has 0 saturated carbocycles. The van der Waals surface area contributed by atoms with Crippen LogP contribution in [0, 0.1) is 5.92 Å². The third kappa shape index (κ3) is 5.52. The Morgan fingerprint density at radius 3 is 2.06 bits per heavy atom. The molecule has 3 amide bonds. The fourth-order valence-electron chi connectivity index (χ4n) is 3.34. The van der Waals surface area contributed by atoms with Crippen molar-refractivity contribution in [2.45, 2.75) is 32.2 Å². The molecule has 178 valence electrons. The Labute approximate surface area is 184 Å². The Morgan fingerprint density at radius 1 is 1.03 bits per heavy atom. The second-order valence-electron chi connectivity index (χ2n) is 7.71. The van der Waals surface area contributed by atoms with E-state index >= 15 is 0 Å². The number of hydrogen-bond donors (Lipinski definition) is 1. The molecule has 3 heterocycles. The summed E-state index contributed by atoms with van der Waals surface area (Å²) in [6.07, 6.45) is -7.45. The van der Waals surface area contributed by atoms with E-state index in [1.165, 1.54) is 9.80 Å². The number of rotatable bonds is 5. The Hall–Kier alpha value is -3.38. The first kappa shape index (κ1) is 24.3. The van der Waals surface area contributed by atoms with Crippen LogP contribution in [-0.2, 0) is 17.1 Å². The lowest BCUT2D eigenvalue weighted by Crippen LogP contribution is -2.42. The zero-order chi connectivity index (χ0) is 24.6. The van der Waals surface area contributed by atoms with Gasteiger partial charge in [-0.25, -0.2) is 14.8 Å². The van der Waals surface area contributed by atoms with E-state index in [2.05, 4.69) is 15.3 Å². The predicted octanol–water partition coefficient (Wildman–Crippen LogP) is 4.42. The quantitative estimate of drug-likeness (QED) is 0.650. The van der Waals surface area contributed by atoms with Gasteiger partial charge in [-0.15, -0.1) is 0 Å². The van der Waals surface area contributed by atoms with E-state index in [0.717, 1.165) is 30.6 Å². The van der Waals surface area contributed by atoms with Gasteiger partial charge in [0.05, 0.1) is 29.8 Å². The van der Waals surface area contributed by atoms with Crippen LogP contribution >= 0.6 is 0 Å². The highest BCUT2D eigenvalue weighted by Gasteiger charge is 2.41. The van der Waals surface area contributed by atoms with Gasteiger partial charge in [-0.05, 0) is 30.2 Å². The molecule has 1 fully saturated rings. The molecule has 33 heavy (non-hydrogen) atoms. The molecule has 0 radical (unpaired) electrons. The summed E-state index contributed by atoms with van der Waals surface area (Å²) in [6, 6.07) is 2.61. The molecule has 13 heteroatoms. The second-order valence-corrected chi connectivity index (χ2v) is 7.71. The van der Waals surface area contributed by atoms with Crippen molar-refractivity contribution in [2.75, 3.05) is 23.3 Å². The summed E-state index contributed by atoms with van der Waals surface area (Å²) < 4.78 is 76.1. The molecule has 0 bridgehead atoms. The highest BCUT2D eigenvalue weighted by molar-refractivity contribution is 5.99. The van der Waals surface area contributed by atoms with Gasteiger partial charge in [-0.1, -0.05) is 13.8 Å². The minimum absolute atomic E-state index is 0.0181. The molecule has 0 unspecified atom stereocenters. The number of aromatic nitrogens is 2. The highest BCUT2D eigenvalue weighted by Crippen LogP contribution is 2.31. The number of urea groups is 1. The molecular formula is C20H19F6N5O2. The minimum Gasteiger partial charge on any atom is -0.323 e. The molecule has 1 aliphatic rings. The number of amides is 3. The first-order valence-corrected chi connectivity index (χ1v) is 9.72. The van der Waals surface area contributed by atoms with Gasteiger partial charge in [0.15, 0.2) is 0 Å². The van der Waals surface area contributed by atoms with Gasteiger partial charge in [-0.2, -0.15) is 26.3 Å². The summed E-state index contributed by atoms with van der Waals surface area (Å²) in [5.41, 5.74) is -2.05. The maximum atomic E-state index is 12.9. The van der Waals surface area contributed by atoms with Crippen LogP contribution in [0.4, 0.5) is 42.5 Å². The molecule has 1 saturated heterocycles. The van der Waals surface area contributed by atoms with Gasteiger partial charge in [0.25, 0.3) is 0 Å². The molecule has 0 aromatic carbocycles. The van der Waals surface area contributed by atoms with Crippen molar-refractivity contribution in [3.8, 4) is 0 Å². The van der Waals surface area contributed by atoms with E-state index in [4.69, 9.17) is 0 Å². The van der Waals surface area contributed by atoms with E-state index in [1.807, 2.05) is 13.8 Å². The Balaban J connectivity index is 1.72. The number of alkyl halides is 6. The van der Waals surface area contributed by atoms with Crippen molar-refractivity contribution in [3.05, 3.63) is 48.0 Å². The van der Waals surface area contributed by atoms with Crippen molar-refractivity contribution in [1.29, 1.82) is 0 Å². The maximum Gasteiger partial charge on any atom is 0.433 e. The van der Waals surface area contributed by atoms with Gasteiger partial charge < -0.3 is 10.2 Å². The van der Waals surface area contributed by atoms with Crippen molar-refractivity contribution >= 4 is 23.3 Å². The molecule has 1 N–H and O–H groups in total. The Bertz CT molecular complexity index is 1010. The van der Waals surface area contributed by atoms with E-state index < -0.39 is 48.3 Å². The topological polar surface area (TPSA) is 78.4 Å². The summed E-state index contributed by atoms with van der Waals surface area (Å²) in [7, 11) is 0. The zero-order valence-corrected chi connectivity index (χ0v) is 17.4. The fraction of sp³-hybridized carbons (Fsp3) is 0.400. The number of halogens is 6. The van der Waals surface area contributed by atoms with Crippen molar-refractivity contribution in [3.63, 3.8) is 0 Å². The largest absolute Gasteiger partial charge is 0.433 e. The summed E-state index contributed by atoms with van der Waals surface area (Å²) in [5.74, 6) is -0.759. The fourth-order valence-corrected chi connectivity index (χ4v) is 3.34. The lowest BCUT2D eigenvalue weighted by molar-refractivity contribution is -0.141. The summed E-state index contributed by atoms with van der Waals surface area (Å²) in [5, 5.41) is 2.39. The first-order valence-electron chi connectivity index (χ1n) is 9.72. The number of carbonyl (C=O) groups excluding carboxylic acids is 2. The highest BCUT2D eigenvalue weighted by atomic mass is 19.4. The van der Waals surface area contributed by atoms with Crippen molar-refractivity contribution in [2.24, 2.45) is 5.92 Å². The average Bonchev–Trinajstić information content (AvgIpc) is 3.03. The Morgan fingerprint density at radius 2 is 1.61 bits per heavy atom. The van der Waals surface area contributed by atoms with Crippen LogP contribution in [0.3, 0.4) is 0 Å². The van der Waals surface area contributed by atoms with Crippen LogP contribution in [-0.4, -0.2) is 45.9 Å². The summed E-state index contributed by atoms with van der Waals surface area (Å²) in [6.45, 7) is 3.35. The van der Waals surface area contributed by atoms with Crippen LogP contribution in [0.2, 0.25) is 0 Å². The monoisotopic (exact) mass is 475 g/mol. The smallest absolute Gasteiger partial charge is 0.323 e. The van der Waals surface area contributed by atoms with Gasteiger partial charge in [0.1, 0.15) is 17.9 Å². The number of hydrogen-bond acceptors (Lipinski definition) is 4. The van der Waals surface area contributed by atoms with Crippen LogP contribution in [0.25, 0.3) is 0 Å². The molecule has 3 rings (SSSR count). The van der Waals surface area contributed by atoms with Crippen LogP contribution in [0.15, 0.2) is 36.7 Å². The summed E-state index contributed by atoms with van der Waals surface area (Å²) in [4.78, 5) is 34.5. The van der Waals surface area contributed by atoms with Gasteiger partial charge in [-0.3, -0.25) is 9.69 Å². The SMILES string of the molecule is CC(C)[C@H]1CN(c2ccc(C(F)(F)F)nc2)C(=O)N1CC(=O)Nc1ccc(C(F)(F)F)nc1. The molecule has 2 aromatic heterocycles. The predicted molar refractivity (Wildman–Crippen MR) is 105 cm³/mol. The van der Waals surface area contributed by atoms with E-state index in [-0.39, 0.29) is 23.8 Å². The molecule has 7 nitrogen and oxygen atoms in total. The third-order valence-electron chi connectivity index (χ3n) is 5.02. The van der Waals surface area contributed by atoms with Crippen LogP contribution in [0.5, 0.6) is 0 Å². The van der Waals surface area contributed by atoms with Crippen molar-refractivity contribution < 1.29 is 35.9 Å². The molecule has 1 aliphatic heterocycles. The van der Waals surface area contributed by atoms with E-state index in [9.17, 15) is 35.9 Å². The van der Waals surface area contributed by atoms with Gasteiger partial charge >= 0.3 is 18.4 Å². The standard InChI is InChI=1S/C20H19F6N5O2/c1-11(2)14-9-30(13-4-6-16(28-8-13)20(24,25)26)18(33)31(14)10-17(32)29-12-3-5-15(27-7-12)19(21,22)23/h3-8,11,14H,9-10H2,1-2H3,(H,29,32)/t14-/m1/s1. The normalized spacial score (nSPS) is 17.1. The lowest BCUT2D eigenvalue weighted by Gasteiger charge is -2.25. The first-order chi connectivity index (χ1) is 15.3. The third-order valence-corrected chi connectivity index (χ3v) is 5.02. The van der Waals surface area contributed by atoms with Crippen LogP contribution in [0.1, 0.15) is 25.2 Å². The Kier molecular flexibility index (Phi) is 6.52. The number of carbonyl (C=O) groups is 2. The number of nitrogens with zero attached hydrogens (tertiary/aromatic N) is 4. The molecular weight excluding hydrogens is 456 g/mol. The molecule has 2 aromatic rings. The summed E-state index contributed by atoms with van der Waals surface area (Å²) >= 11 is 0. The van der Waals surface area contributed by atoms with Gasteiger partial charge in [0, 0.05) is 6.54 Å². The number of nitrogens with one attached hydrogen (secondary N) is 1. The van der Waals surface area contributed by atoms with E-state index in [1.54, 1.807) is 0 Å². The maximum absolute atomic E-state index is 12.9.